The Morgan fingerprint density at radius 3 is 1.59 bits per heavy atom. The maximum Gasteiger partial charge on any atom is 0.260 e. The van der Waals surface area contributed by atoms with Crippen LogP contribution in [0.25, 0.3) is 11.1 Å². The highest BCUT2D eigenvalue weighted by Gasteiger charge is 2.35. The van der Waals surface area contributed by atoms with E-state index < -0.39 is 0 Å². The molecule has 4 aromatic carbocycles. The van der Waals surface area contributed by atoms with E-state index >= 15 is 0 Å². The van der Waals surface area contributed by atoms with Crippen LogP contribution < -0.4 is 24.3 Å². The van der Waals surface area contributed by atoms with Gasteiger partial charge in [-0.1, -0.05) is 24.3 Å². The summed E-state index contributed by atoms with van der Waals surface area (Å²) in [6.45, 7) is 0.601. The molecular weight excluding hydrogens is 686 g/mol. The molecule has 2 amide bonds. The number of carbonyl (C=O) groups is 2. The molecule has 4 aliphatic heterocycles. The first-order chi connectivity index (χ1) is 26.3. The number of carbonyl (C=O) groups excluding carboxylic acids is 2. The van der Waals surface area contributed by atoms with Crippen LogP contribution in [0.3, 0.4) is 0 Å². The molecule has 12 heteroatoms. The first-order valence-electron chi connectivity index (χ1n) is 17.8. The number of nitrogens with zero attached hydrogens (tertiary/aromatic N) is 4. The molecule has 2 atom stereocenters. The van der Waals surface area contributed by atoms with Crippen LogP contribution in [-0.2, 0) is 0 Å². The van der Waals surface area contributed by atoms with Crippen molar-refractivity contribution in [1.82, 2.24) is 9.80 Å². The van der Waals surface area contributed by atoms with Crippen molar-refractivity contribution in [3.05, 3.63) is 107 Å². The van der Waals surface area contributed by atoms with Gasteiger partial charge in [0.15, 0.2) is 23.0 Å². The molecule has 0 saturated carbocycles. The van der Waals surface area contributed by atoms with Gasteiger partial charge in [0.05, 0.1) is 62.0 Å². The molecule has 0 spiro atoms. The molecule has 2 N–H and O–H groups in total. The normalized spacial score (nSPS) is 18.1. The van der Waals surface area contributed by atoms with Crippen molar-refractivity contribution in [2.24, 2.45) is 9.98 Å². The van der Waals surface area contributed by atoms with Crippen LogP contribution in [0.15, 0.2) is 95.2 Å². The fourth-order valence-electron chi connectivity index (χ4n) is 7.09. The van der Waals surface area contributed by atoms with Gasteiger partial charge in [0, 0.05) is 69.0 Å². The molecule has 54 heavy (non-hydrogen) atoms. The van der Waals surface area contributed by atoms with Crippen LogP contribution in [0.2, 0.25) is 0 Å². The largest absolute Gasteiger partial charge is 0.508 e. The van der Waals surface area contributed by atoms with Crippen LogP contribution in [0.5, 0.6) is 28.7 Å². The lowest BCUT2D eigenvalue weighted by Crippen LogP contribution is -2.32. The number of phenolic OH excluding ortho intramolecular Hbond substituents is 1. The third kappa shape index (κ3) is 6.51. The molecule has 0 bridgehead atoms. The first kappa shape index (κ1) is 34.5. The summed E-state index contributed by atoms with van der Waals surface area (Å²) < 4.78 is 23.5. The smallest absolute Gasteiger partial charge is 0.260 e. The lowest BCUT2D eigenvalue weighted by Gasteiger charge is -2.19. The zero-order chi connectivity index (χ0) is 37.3. The number of hydrogen-bond donors (Lipinski definition) is 2. The predicted octanol–water partition coefficient (Wildman–Crippen LogP) is 7.24. The topological polar surface area (TPSA) is 135 Å². The molecule has 12 nitrogen and oxygen atoms in total. The van der Waals surface area contributed by atoms with Crippen LogP contribution in [0.1, 0.15) is 51.1 Å². The third-order valence-electron chi connectivity index (χ3n) is 10.0. The number of ether oxygens (including phenoxy) is 4. The maximum atomic E-state index is 13.7. The van der Waals surface area contributed by atoms with E-state index in [0.29, 0.717) is 78.0 Å². The van der Waals surface area contributed by atoms with E-state index in [1.54, 1.807) is 59.5 Å². The minimum absolute atomic E-state index is 0.149. The molecule has 0 aromatic heterocycles. The lowest BCUT2D eigenvalue weighted by atomic mass is 10.0. The van der Waals surface area contributed by atoms with Crippen molar-refractivity contribution < 1.29 is 33.6 Å². The molecule has 8 rings (SSSR count). The average molecular weight is 726 g/mol. The van der Waals surface area contributed by atoms with Gasteiger partial charge in [0.25, 0.3) is 11.8 Å². The Balaban J connectivity index is 0.909. The number of phenols is 1. The summed E-state index contributed by atoms with van der Waals surface area (Å²) in [6.07, 6.45) is 9.16. The molecule has 4 aliphatic rings. The van der Waals surface area contributed by atoms with E-state index in [1.165, 1.54) is 7.11 Å². The molecular formula is C42H39N5O7. The van der Waals surface area contributed by atoms with Gasteiger partial charge in [-0.2, -0.15) is 0 Å². The number of rotatable bonds is 11. The lowest BCUT2D eigenvalue weighted by molar-refractivity contribution is 0.0809. The fraction of sp³-hybridized carbons (Fsp3) is 0.238. The average Bonchev–Trinajstić information content (AvgIpc) is 3.78. The third-order valence-corrected chi connectivity index (χ3v) is 10.0. The van der Waals surface area contributed by atoms with E-state index in [2.05, 4.69) is 22.4 Å². The van der Waals surface area contributed by atoms with Crippen molar-refractivity contribution in [3.8, 4) is 28.7 Å². The molecule has 0 radical (unpaired) electrons. The summed E-state index contributed by atoms with van der Waals surface area (Å²) >= 11 is 0. The molecule has 0 saturated heterocycles. The SMILES string of the molecule is CNc1ccc(C2=CN3C(=O)c4cc(OC)c(OCCCOc5cc6c(cc5OC)C(=O)N5C=C(c7ccc(O)cc7)CC5C=N6)cc4N=CC3C2)cc1. The zero-order valence-electron chi connectivity index (χ0n) is 30.1. The van der Waals surface area contributed by atoms with Gasteiger partial charge < -0.3 is 39.2 Å². The summed E-state index contributed by atoms with van der Waals surface area (Å²) in [4.78, 5) is 40.2. The van der Waals surface area contributed by atoms with Crippen molar-refractivity contribution in [2.75, 3.05) is 39.8 Å². The fourth-order valence-corrected chi connectivity index (χ4v) is 7.09. The monoisotopic (exact) mass is 725 g/mol. The standard InChI is InChI=1S/C42H39N5O7/c1-43-29-9-5-25(6-10-29)27-15-30-21-44-35-19-39(37(51-2)17-33(35)41(49)46(30)23-27)53-13-4-14-54-40-20-36-34(18-38(40)52-3)42(50)47-24-28(16-31(47)22-45-36)26-7-11-32(48)12-8-26/h5-12,17-24,30-31,43,48H,4,13-16H2,1-3H3. The molecule has 274 valence electrons. The summed E-state index contributed by atoms with van der Waals surface area (Å²) in [5.41, 5.74) is 6.97. The van der Waals surface area contributed by atoms with Crippen LogP contribution in [0.4, 0.5) is 17.1 Å². The quantitative estimate of drug-likeness (QED) is 0.155. The molecule has 4 heterocycles. The van der Waals surface area contributed by atoms with Crippen LogP contribution >= 0.6 is 0 Å². The Morgan fingerprint density at radius 1 is 0.685 bits per heavy atom. The number of benzene rings is 4. The van der Waals surface area contributed by atoms with Gasteiger partial charge in [0.1, 0.15) is 5.75 Å². The van der Waals surface area contributed by atoms with E-state index in [0.717, 1.165) is 28.0 Å². The van der Waals surface area contributed by atoms with Gasteiger partial charge in [0.2, 0.25) is 0 Å². The highest BCUT2D eigenvalue weighted by Crippen LogP contribution is 2.42. The Morgan fingerprint density at radius 2 is 1.15 bits per heavy atom. The first-order valence-corrected chi connectivity index (χ1v) is 17.8. The van der Waals surface area contributed by atoms with Crippen molar-refractivity contribution in [3.63, 3.8) is 0 Å². The van der Waals surface area contributed by atoms with Crippen molar-refractivity contribution in [2.45, 2.75) is 31.3 Å². The number of hydrogen-bond acceptors (Lipinski definition) is 10. The summed E-state index contributed by atoms with van der Waals surface area (Å²) in [6, 6.07) is 21.5. The Hall–Kier alpha value is -6.56. The number of amides is 2. The summed E-state index contributed by atoms with van der Waals surface area (Å²) in [5.74, 6) is 1.65. The number of nitrogens with one attached hydrogen (secondary N) is 1. The summed E-state index contributed by atoms with van der Waals surface area (Å²) in [5, 5.41) is 12.8. The molecule has 0 fully saturated rings. The molecule has 2 unspecified atom stereocenters. The van der Waals surface area contributed by atoms with E-state index in [1.807, 2.05) is 49.9 Å². The van der Waals surface area contributed by atoms with E-state index in [9.17, 15) is 14.7 Å². The zero-order valence-corrected chi connectivity index (χ0v) is 30.1. The van der Waals surface area contributed by atoms with Gasteiger partial charge >= 0.3 is 0 Å². The Labute approximate surface area is 312 Å². The number of methoxy groups -OCH3 is 2. The van der Waals surface area contributed by atoms with Gasteiger partial charge in [-0.3, -0.25) is 19.6 Å². The second kappa shape index (κ2) is 14.5. The van der Waals surface area contributed by atoms with E-state index in [-0.39, 0.29) is 29.6 Å². The number of aromatic hydroxyl groups is 1. The van der Waals surface area contributed by atoms with Gasteiger partial charge in [-0.15, -0.1) is 0 Å². The minimum atomic E-state index is -0.233. The highest BCUT2D eigenvalue weighted by molar-refractivity contribution is 6.06. The van der Waals surface area contributed by atoms with Gasteiger partial charge in [-0.25, -0.2) is 0 Å². The van der Waals surface area contributed by atoms with Crippen LogP contribution in [0, 0.1) is 0 Å². The van der Waals surface area contributed by atoms with Gasteiger partial charge in [-0.05, 0) is 58.7 Å². The molecule has 0 aliphatic carbocycles. The number of anilines is 1. The number of aliphatic imine (C=N–C) groups is 2. The predicted molar refractivity (Wildman–Crippen MR) is 207 cm³/mol. The summed E-state index contributed by atoms with van der Waals surface area (Å²) in [7, 11) is 4.96. The molecule has 4 aromatic rings. The van der Waals surface area contributed by atoms with Crippen molar-refractivity contribution >= 4 is 52.5 Å². The second-order valence-corrected chi connectivity index (χ2v) is 13.3. The Kier molecular flexibility index (Phi) is 9.24. The second-order valence-electron chi connectivity index (χ2n) is 13.3. The van der Waals surface area contributed by atoms with E-state index in [4.69, 9.17) is 23.9 Å². The van der Waals surface area contributed by atoms with Crippen molar-refractivity contribution in [1.29, 1.82) is 0 Å². The number of fused-ring (bicyclic) bond motifs is 4. The van der Waals surface area contributed by atoms with Crippen LogP contribution in [-0.4, -0.2) is 85.7 Å². The highest BCUT2D eigenvalue weighted by atomic mass is 16.5. The maximum absolute atomic E-state index is 13.7. The minimum Gasteiger partial charge on any atom is -0.508 e. The Bertz CT molecular complexity index is 2240.